The van der Waals surface area contributed by atoms with Gasteiger partial charge in [0.2, 0.25) is 0 Å². The van der Waals surface area contributed by atoms with Crippen LogP contribution in [0.3, 0.4) is 0 Å². The van der Waals surface area contributed by atoms with Crippen molar-refractivity contribution in [1.29, 1.82) is 0 Å². The number of para-hydroxylation sites is 1. The van der Waals surface area contributed by atoms with E-state index in [1.54, 1.807) is 11.6 Å². The quantitative estimate of drug-likeness (QED) is 0.770. The van der Waals surface area contributed by atoms with Crippen molar-refractivity contribution in [3.05, 3.63) is 52.6 Å². The van der Waals surface area contributed by atoms with Crippen LogP contribution in [0.15, 0.2) is 41.9 Å². The fraction of sp³-hybridized carbons (Fsp3) is 0.133. The van der Waals surface area contributed by atoms with Crippen LogP contribution in [0.1, 0.15) is 28.5 Å². The van der Waals surface area contributed by atoms with Crippen molar-refractivity contribution in [2.75, 3.05) is 5.32 Å². The maximum absolute atomic E-state index is 10.9. The Hall–Kier alpha value is -2.47. The first-order chi connectivity index (χ1) is 10.1. The Balaban J connectivity index is 1.89. The Morgan fingerprint density at radius 3 is 2.90 bits per heavy atom. The molecule has 0 aliphatic heterocycles. The van der Waals surface area contributed by atoms with Crippen LogP contribution in [0, 0.1) is 0 Å². The van der Waals surface area contributed by atoms with Gasteiger partial charge in [-0.1, -0.05) is 18.2 Å². The third-order valence-electron chi connectivity index (χ3n) is 3.13. The maximum Gasteiger partial charge on any atom is 0.355 e. The smallest absolute Gasteiger partial charge is 0.355 e. The van der Waals surface area contributed by atoms with Crippen molar-refractivity contribution in [3.63, 3.8) is 0 Å². The minimum atomic E-state index is -1.00. The van der Waals surface area contributed by atoms with Gasteiger partial charge in [0, 0.05) is 22.7 Å². The van der Waals surface area contributed by atoms with Crippen LogP contribution < -0.4 is 5.32 Å². The summed E-state index contributed by atoms with van der Waals surface area (Å²) in [6.07, 6.45) is 1.75. The number of carboxylic acid groups (broad SMARTS) is 1. The number of anilines is 1. The summed E-state index contributed by atoms with van der Waals surface area (Å²) in [6, 6.07) is 9.70. The third-order valence-corrected chi connectivity index (χ3v) is 4.16. The summed E-state index contributed by atoms with van der Waals surface area (Å²) in [5.41, 5.74) is 1.96. The summed E-state index contributed by atoms with van der Waals surface area (Å²) in [5.74, 6) is -1.00. The minimum Gasteiger partial charge on any atom is -0.476 e. The van der Waals surface area contributed by atoms with Gasteiger partial charge in [-0.05, 0) is 19.1 Å². The van der Waals surface area contributed by atoms with Crippen LogP contribution in [0.25, 0.3) is 10.9 Å². The first-order valence-corrected chi connectivity index (χ1v) is 7.32. The number of aromatic carboxylic acids is 1. The lowest BCUT2D eigenvalue weighted by atomic mass is 10.2. The number of fused-ring (bicyclic) bond motifs is 1. The molecule has 3 aromatic rings. The molecule has 5 nitrogen and oxygen atoms in total. The number of carboxylic acids is 1. The number of rotatable bonds is 4. The highest BCUT2D eigenvalue weighted by Crippen LogP contribution is 2.27. The fourth-order valence-corrected chi connectivity index (χ4v) is 2.90. The van der Waals surface area contributed by atoms with Gasteiger partial charge in [-0.3, -0.25) is 4.98 Å². The van der Waals surface area contributed by atoms with Gasteiger partial charge in [-0.2, -0.15) is 0 Å². The van der Waals surface area contributed by atoms with Gasteiger partial charge in [0.15, 0.2) is 5.69 Å². The zero-order chi connectivity index (χ0) is 14.8. The SMILES string of the molecule is CC(Nc1ccnc2ccccc12)c1nc(C(=O)O)cs1. The number of pyridine rings is 1. The normalized spacial score (nSPS) is 12.2. The summed E-state index contributed by atoms with van der Waals surface area (Å²) < 4.78 is 0. The lowest BCUT2D eigenvalue weighted by molar-refractivity contribution is 0.0691. The molecule has 2 heterocycles. The van der Waals surface area contributed by atoms with Gasteiger partial charge >= 0.3 is 5.97 Å². The van der Waals surface area contributed by atoms with E-state index in [9.17, 15) is 4.79 Å². The van der Waals surface area contributed by atoms with Crippen molar-refractivity contribution in [2.45, 2.75) is 13.0 Å². The largest absolute Gasteiger partial charge is 0.476 e. The van der Waals surface area contributed by atoms with E-state index >= 15 is 0 Å². The monoisotopic (exact) mass is 299 g/mol. The zero-order valence-electron chi connectivity index (χ0n) is 11.3. The van der Waals surface area contributed by atoms with Crippen LogP contribution in [-0.2, 0) is 0 Å². The number of aromatic nitrogens is 2. The highest BCUT2D eigenvalue weighted by Gasteiger charge is 2.14. The molecule has 0 spiro atoms. The van der Waals surface area contributed by atoms with Crippen LogP contribution >= 0.6 is 11.3 Å². The van der Waals surface area contributed by atoms with Gasteiger partial charge in [0.1, 0.15) is 5.01 Å². The second kappa shape index (κ2) is 5.49. The molecule has 3 rings (SSSR count). The molecule has 106 valence electrons. The molecule has 1 aromatic carbocycles. The average Bonchev–Trinajstić information content (AvgIpc) is 2.98. The lowest BCUT2D eigenvalue weighted by Gasteiger charge is -2.14. The van der Waals surface area contributed by atoms with Crippen molar-refractivity contribution in [1.82, 2.24) is 9.97 Å². The van der Waals surface area contributed by atoms with Gasteiger partial charge in [0.25, 0.3) is 0 Å². The van der Waals surface area contributed by atoms with Crippen molar-refractivity contribution < 1.29 is 9.90 Å². The number of hydrogen-bond donors (Lipinski definition) is 2. The Bertz CT molecular complexity index is 795. The first-order valence-electron chi connectivity index (χ1n) is 6.44. The molecule has 0 radical (unpaired) electrons. The number of carbonyl (C=O) groups is 1. The Labute approximate surface area is 125 Å². The van der Waals surface area contributed by atoms with E-state index in [-0.39, 0.29) is 11.7 Å². The molecule has 0 saturated carbocycles. The topological polar surface area (TPSA) is 75.1 Å². The summed E-state index contributed by atoms with van der Waals surface area (Å²) in [4.78, 5) is 19.3. The van der Waals surface area contributed by atoms with Crippen LogP contribution in [0.2, 0.25) is 0 Å². The molecule has 6 heteroatoms. The van der Waals surface area contributed by atoms with Crippen molar-refractivity contribution in [2.24, 2.45) is 0 Å². The molecule has 0 saturated heterocycles. The number of nitrogens with one attached hydrogen (secondary N) is 1. The maximum atomic E-state index is 10.9. The zero-order valence-corrected chi connectivity index (χ0v) is 12.1. The summed E-state index contributed by atoms with van der Waals surface area (Å²) in [5, 5.41) is 15.6. The molecule has 1 unspecified atom stereocenters. The second-order valence-corrected chi connectivity index (χ2v) is 5.51. The molecule has 0 bridgehead atoms. The van der Waals surface area contributed by atoms with E-state index in [2.05, 4.69) is 15.3 Å². The fourth-order valence-electron chi connectivity index (χ4n) is 2.10. The molecule has 0 aliphatic carbocycles. The number of nitrogens with zero attached hydrogens (tertiary/aromatic N) is 2. The van der Waals surface area contributed by atoms with Crippen LogP contribution in [0.5, 0.6) is 0 Å². The predicted molar refractivity (Wildman–Crippen MR) is 82.9 cm³/mol. The molecule has 2 N–H and O–H groups in total. The molecular formula is C15H13N3O2S. The highest BCUT2D eigenvalue weighted by molar-refractivity contribution is 7.09. The molecule has 0 fully saturated rings. The Morgan fingerprint density at radius 2 is 2.14 bits per heavy atom. The summed E-state index contributed by atoms with van der Waals surface area (Å²) in [6.45, 7) is 1.96. The highest BCUT2D eigenvalue weighted by atomic mass is 32.1. The molecule has 1 atom stereocenters. The van der Waals surface area contributed by atoms with Gasteiger partial charge in [-0.25, -0.2) is 9.78 Å². The van der Waals surface area contributed by atoms with Gasteiger partial charge < -0.3 is 10.4 Å². The Morgan fingerprint density at radius 1 is 1.33 bits per heavy atom. The Kier molecular flexibility index (Phi) is 3.53. The third kappa shape index (κ3) is 2.71. The molecule has 0 aliphatic rings. The molecule has 21 heavy (non-hydrogen) atoms. The van der Waals surface area contributed by atoms with Crippen LogP contribution in [0.4, 0.5) is 5.69 Å². The van der Waals surface area contributed by atoms with E-state index in [1.807, 2.05) is 37.3 Å². The minimum absolute atomic E-state index is 0.0751. The van der Waals surface area contributed by atoms with Crippen molar-refractivity contribution >= 4 is 33.9 Å². The van der Waals surface area contributed by atoms with E-state index in [4.69, 9.17) is 5.11 Å². The number of hydrogen-bond acceptors (Lipinski definition) is 5. The average molecular weight is 299 g/mol. The number of thiazole rings is 1. The van der Waals surface area contributed by atoms with Gasteiger partial charge in [0.05, 0.1) is 11.6 Å². The standard InChI is InChI=1S/C15H13N3O2S/c1-9(14-18-13(8-21-14)15(19)20)17-12-6-7-16-11-5-3-2-4-10(11)12/h2-9H,1H3,(H,16,17)(H,19,20). The number of benzene rings is 1. The second-order valence-electron chi connectivity index (χ2n) is 4.62. The van der Waals surface area contributed by atoms with E-state index in [1.165, 1.54) is 11.3 Å². The summed E-state index contributed by atoms with van der Waals surface area (Å²) in [7, 11) is 0. The molecular weight excluding hydrogens is 286 g/mol. The molecule has 0 amide bonds. The summed E-state index contributed by atoms with van der Waals surface area (Å²) >= 11 is 1.34. The predicted octanol–water partition coefficient (Wildman–Crippen LogP) is 3.56. The first kappa shape index (κ1) is 13.5. The van der Waals surface area contributed by atoms with Crippen LogP contribution in [-0.4, -0.2) is 21.0 Å². The molecule has 2 aromatic heterocycles. The van der Waals surface area contributed by atoms with E-state index < -0.39 is 5.97 Å². The van der Waals surface area contributed by atoms with E-state index in [0.717, 1.165) is 21.6 Å². The van der Waals surface area contributed by atoms with Gasteiger partial charge in [-0.15, -0.1) is 11.3 Å². The lowest BCUT2D eigenvalue weighted by Crippen LogP contribution is -2.07. The van der Waals surface area contributed by atoms with Crippen molar-refractivity contribution in [3.8, 4) is 0 Å². The van der Waals surface area contributed by atoms with E-state index in [0.29, 0.717) is 0 Å².